The molecule has 0 bridgehead atoms. The van der Waals surface area contributed by atoms with E-state index < -0.39 is 0 Å². The van der Waals surface area contributed by atoms with Crippen molar-refractivity contribution in [3.05, 3.63) is 70.7 Å². The summed E-state index contributed by atoms with van der Waals surface area (Å²) in [6.45, 7) is 0. The minimum Gasteiger partial charge on any atom is -0.493 e. The summed E-state index contributed by atoms with van der Waals surface area (Å²) in [5, 5.41) is 6.02. The highest BCUT2D eigenvalue weighted by Crippen LogP contribution is 2.38. The van der Waals surface area contributed by atoms with Gasteiger partial charge in [0.15, 0.2) is 17.2 Å². The van der Waals surface area contributed by atoms with E-state index in [4.69, 9.17) is 25.8 Å². The van der Waals surface area contributed by atoms with Crippen LogP contribution >= 0.6 is 11.6 Å². The fraction of sp³-hybridized carbons (Fsp3) is 0.0909. The standard InChI is InChI=1S/C22H17ClN2O5/c1-28-19-6-3-12(9-20(19)29-2)21(26)24-14-5-8-17-15(11-14)22(27)25-16-10-13(23)4-7-18(16)30-17/h3-11H,1-2H3,(H,24,26)(H,25,27). The third kappa shape index (κ3) is 3.75. The van der Waals surface area contributed by atoms with Crippen molar-refractivity contribution in [2.75, 3.05) is 24.9 Å². The summed E-state index contributed by atoms with van der Waals surface area (Å²) in [5.74, 6) is 1.09. The zero-order valence-electron chi connectivity index (χ0n) is 16.1. The first-order valence-corrected chi connectivity index (χ1v) is 9.32. The van der Waals surface area contributed by atoms with Gasteiger partial charge in [0.05, 0.1) is 25.5 Å². The number of anilines is 2. The average molecular weight is 425 g/mol. The molecule has 0 atom stereocenters. The summed E-state index contributed by atoms with van der Waals surface area (Å²) in [6, 6.07) is 14.7. The zero-order valence-corrected chi connectivity index (χ0v) is 16.9. The van der Waals surface area contributed by atoms with Crippen LogP contribution in [0.5, 0.6) is 23.0 Å². The molecular formula is C22H17ClN2O5. The lowest BCUT2D eigenvalue weighted by molar-refractivity contribution is 0.101. The van der Waals surface area contributed by atoms with E-state index in [9.17, 15) is 9.59 Å². The number of halogens is 1. The van der Waals surface area contributed by atoms with Gasteiger partial charge >= 0.3 is 0 Å². The van der Waals surface area contributed by atoms with Gasteiger partial charge in [0.2, 0.25) is 0 Å². The van der Waals surface area contributed by atoms with E-state index in [2.05, 4.69) is 10.6 Å². The highest BCUT2D eigenvalue weighted by molar-refractivity contribution is 6.31. The summed E-state index contributed by atoms with van der Waals surface area (Å²) in [6.07, 6.45) is 0. The van der Waals surface area contributed by atoms with Crippen LogP contribution in [0.2, 0.25) is 5.02 Å². The van der Waals surface area contributed by atoms with Crippen LogP contribution in [0.3, 0.4) is 0 Å². The van der Waals surface area contributed by atoms with Crippen molar-refractivity contribution in [1.82, 2.24) is 0 Å². The number of carbonyl (C=O) groups excluding carboxylic acids is 2. The Morgan fingerprint density at radius 3 is 2.50 bits per heavy atom. The SMILES string of the molecule is COc1ccc(C(=O)Nc2ccc3c(c2)C(=O)Nc2cc(Cl)ccc2O3)cc1OC. The smallest absolute Gasteiger partial charge is 0.259 e. The van der Waals surface area contributed by atoms with E-state index in [-0.39, 0.29) is 17.4 Å². The number of methoxy groups -OCH3 is 2. The second-order valence-electron chi connectivity index (χ2n) is 6.43. The van der Waals surface area contributed by atoms with Crippen LogP contribution in [0.4, 0.5) is 11.4 Å². The van der Waals surface area contributed by atoms with Crippen molar-refractivity contribution in [2.24, 2.45) is 0 Å². The lowest BCUT2D eigenvalue weighted by atomic mass is 10.1. The minimum absolute atomic E-state index is 0.285. The normalized spacial score (nSPS) is 11.9. The average Bonchev–Trinajstić information content (AvgIpc) is 2.88. The van der Waals surface area contributed by atoms with Crippen molar-refractivity contribution >= 4 is 34.8 Å². The summed E-state index contributed by atoms with van der Waals surface area (Å²) in [4.78, 5) is 25.3. The molecule has 0 saturated carbocycles. The Kier molecular flexibility index (Phi) is 5.20. The largest absolute Gasteiger partial charge is 0.493 e. The highest BCUT2D eigenvalue weighted by Gasteiger charge is 2.22. The van der Waals surface area contributed by atoms with Gasteiger partial charge in [-0.25, -0.2) is 0 Å². The van der Waals surface area contributed by atoms with Crippen molar-refractivity contribution in [3.63, 3.8) is 0 Å². The molecule has 30 heavy (non-hydrogen) atoms. The maximum Gasteiger partial charge on any atom is 0.259 e. The molecular weight excluding hydrogens is 408 g/mol. The maximum absolute atomic E-state index is 12.7. The molecule has 0 saturated heterocycles. The Hall–Kier alpha value is -3.71. The predicted molar refractivity (Wildman–Crippen MR) is 113 cm³/mol. The van der Waals surface area contributed by atoms with E-state index in [1.807, 2.05) is 0 Å². The van der Waals surface area contributed by atoms with Gasteiger partial charge in [-0.2, -0.15) is 0 Å². The molecule has 152 valence electrons. The molecule has 2 N–H and O–H groups in total. The summed E-state index contributed by atoms with van der Waals surface area (Å²) >= 11 is 6.00. The number of nitrogens with one attached hydrogen (secondary N) is 2. The molecule has 4 rings (SSSR count). The van der Waals surface area contributed by atoms with Gasteiger partial charge in [-0.1, -0.05) is 11.6 Å². The Morgan fingerprint density at radius 2 is 1.73 bits per heavy atom. The quantitative estimate of drug-likeness (QED) is 0.617. The van der Waals surface area contributed by atoms with Crippen LogP contribution in [0, 0.1) is 0 Å². The van der Waals surface area contributed by atoms with Crippen LogP contribution in [0.1, 0.15) is 20.7 Å². The molecule has 8 heteroatoms. The second-order valence-corrected chi connectivity index (χ2v) is 6.87. The third-order valence-corrected chi connectivity index (χ3v) is 4.77. The molecule has 7 nitrogen and oxygen atoms in total. The summed E-state index contributed by atoms with van der Waals surface area (Å²) in [7, 11) is 3.02. The van der Waals surface area contributed by atoms with Crippen LogP contribution in [0.15, 0.2) is 54.6 Å². The molecule has 0 radical (unpaired) electrons. The number of amides is 2. The van der Waals surface area contributed by atoms with Crippen LogP contribution in [0.25, 0.3) is 0 Å². The fourth-order valence-electron chi connectivity index (χ4n) is 3.05. The van der Waals surface area contributed by atoms with E-state index >= 15 is 0 Å². The number of fused-ring (bicyclic) bond motifs is 2. The van der Waals surface area contributed by atoms with Crippen molar-refractivity contribution < 1.29 is 23.8 Å². The molecule has 0 aliphatic carbocycles. The molecule has 1 heterocycles. The molecule has 3 aromatic rings. The monoisotopic (exact) mass is 424 g/mol. The molecule has 0 unspecified atom stereocenters. The first kappa shape index (κ1) is 19.6. The van der Waals surface area contributed by atoms with E-state index in [1.54, 1.807) is 54.6 Å². The summed E-state index contributed by atoms with van der Waals surface area (Å²) in [5.41, 5.74) is 1.58. The lowest BCUT2D eigenvalue weighted by Gasteiger charge is -2.11. The molecule has 1 aliphatic heterocycles. The molecule has 3 aromatic carbocycles. The molecule has 0 spiro atoms. The van der Waals surface area contributed by atoms with Crippen molar-refractivity contribution in [3.8, 4) is 23.0 Å². The second kappa shape index (κ2) is 7.96. The topological polar surface area (TPSA) is 85.9 Å². The lowest BCUT2D eigenvalue weighted by Crippen LogP contribution is -2.14. The zero-order chi connectivity index (χ0) is 21.3. The highest BCUT2D eigenvalue weighted by atomic mass is 35.5. The van der Waals surface area contributed by atoms with Crippen molar-refractivity contribution in [2.45, 2.75) is 0 Å². The fourth-order valence-corrected chi connectivity index (χ4v) is 3.22. The number of rotatable bonds is 4. The van der Waals surface area contributed by atoms with Gasteiger partial charge in [0, 0.05) is 16.3 Å². The maximum atomic E-state index is 12.7. The van der Waals surface area contributed by atoms with E-state index in [0.29, 0.717) is 45.0 Å². The number of carbonyl (C=O) groups is 2. The number of hydrogen-bond donors (Lipinski definition) is 2. The Balaban J connectivity index is 1.59. The van der Waals surface area contributed by atoms with Crippen LogP contribution in [-0.4, -0.2) is 26.0 Å². The van der Waals surface area contributed by atoms with Gasteiger partial charge in [0.25, 0.3) is 11.8 Å². The van der Waals surface area contributed by atoms with Gasteiger partial charge in [-0.3, -0.25) is 9.59 Å². The Labute approximate surface area is 177 Å². The summed E-state index contributed by atoms with van der Waals surface area (Å²) < 4.78 is 16.3. The third-order valence-electron chi connectivity index (χ3n) is 4.54. The van der Waals surface area contributed by atoms with E-state index in [0.717, 1.165) is 0 Å². The van der Waals surface area contributed by atoms with Gasteiger partial charge in [-0.05, 0) is 54.6 Å². The van der Waals surface area contributed by atoms with Gasteiger partial charge < -0.3 is 24.8 Å². The van der Waals surface area contributed by atoms with Gasteiger partial charge in [0.1, 0.15) is 5.75 Å². The molecule has 2 amide bonds. The van der Waals surface area contributed by atoms with Crippen molar-refractivity contribution in [1.29, 1.82) is 0 Å². The van der Waals surface area contributed by atoms with E-state index in [1.165, 1.54) is 14.2 Å². The number of ether oxygens (including phenoxy) is 3. The molecule has 0 aromatic heterocycles. The Bertz CT molecular complexity index is 1160. The van der Waals surface area contributed by atoms with Crippen LogP contribution in [-0.2, 0) is 0 Å². The van der Waals surface area contributed by atoms with Crippen LogP contribution < -0.4 is 24.8 Å². The molecule has 0 fully saturated rings. The number of hydrogen-bond acceptors (Lipinski definition) is 5. The van der Waals surface area contributed by atoms with Gasteiger partial charge in [-0.15, -0.1) is 0 Å². The Morgan fingerprint density at radius 1 is 0.967 bits per heavy atom. The first-order chi connectivity index (χ1) is 14.5. The predicted octanol–water partition coefficient (Wildman–Crippen LogP) is 4.97. The first-order valence-electron chi connectivity index (χ1n) is 8.94. The number of benzene rings is 3. The minimum atomic E-state index is -0.367. The molecule has 1 aliphatic rings.